The molecular formula is C15H25NO. The number of hydrogen-bond acceptors (Lipinski definition) is 2. The van der Waals surface area contributed by atoms with Crippen molar-refractivity contribution in [3.63, 3.8) is 0 Å². The van der Waals surface area contributed by atoms with E-state index in [2.05, 4.69) is 44.0 Å². The lowest BCUT2D eigenvalue weighted by molar-refractivity contribution is 0.271. The molecule has 0 aliphatic carbocycles. The number of aliphatic hydroxyl groups excluding tert-OH is 1. The zero-order valence-corrected chi connectivity index (χ0v) is 11.4. The summed E-state index contributed by atoms with van der Waals surface area (Å²) in [6, 6.07) is 6.64. The lowest BCUT2D eigenvalue weighted by Crippen LogP contribution is -2.19. The first kappa shape index (κ1) is 14.2. The molecule has 0 spiro atoms. The topological polar surface area (TPSA) is 23.5 Å². The summed E-state index contributed by atoms with van der Waals surface area (Å²) in [6.07, 6.45) is 3.22. The van der Waals surface area contributed by atoms with E-state index < -0.39 is 0 Å². The van der Waals surface area contributed by atoms with Gasteiger partial charge in [-0.1, -0.05) is 23.8 Å². The monoisotopic (exact) mass is 235 g/mol. The Labute approximate surface area is 105 Å². The molecule has 1 aromatic rings. The van der Waals surface area contributed by atoms with Gasteiger partial charge in [-0.25, -0.2) is 0 Å². The van der Waals surface area contributed by atoms with Crippen molar-refractivity contribution < 1.29 is 5.11 Å². The maximum atomic E-state index is 8.72. The van der Waals surface area contributed by atoms with Crippen molar-refractivity contribution in [2.24, 2.45) is 0 Å². The molecule has 1 rings (SSSR count). The molecule has 0 amide bonds. The van der Waals surface area contributed by atoms with Crippen LogP contribution in [0.3, 0.4) is 0 Å². The first-order valence-corrected chi connectivity index (χ1v) is 6.49. The highest BCUT2D eigenvalue weighted by Gasteiger charge is 2.03. The van der Waals surface area contributed by atoms with Crippen molar-refractivity contribution >= 4 is 0 Å². The summed E-state index contributed by atoms with van der Waals surface area (Å²) >= 11 is 0. The lowest BCUT2D eigenvalue weighted by Gasteiger charge is -2.18. The van der Waals surface area contributed by atoms with Gasteiger partial charge >= 0.3 is 0 Å². The second-order valence-corrected chi connectivity index (χ2v) is 4.95. The van der Waals surface area contributed by atoms with Gasteiger partial charge in [-0.3, -0.25) is 0 Å². The number of aliphatic hydroxyl groups is 1. The second-order valence-electron chi connectivity index (χ2n) is 4.95. The summed E-state index contributed by atoms with van der Waals surface area (Å²) in [5.41, 5.74) is 4.13. The minimum Gasteiger partial charge on any atom is -0.396 e. The molecule has 2 nitrogen and oxygen atoms in total. The van der Waals surface area contributed by atoms with Gasteiger partial charge in [0.25, 0.3) is 0 Å². The first-order valence-electron chi connectivity index (χ1n) is 6.49. The van der Waals surface area contributed by atoms with E-state index >= 15 is 0 Å². The summed E-state index contributed by atoms with van der Waals surface area (Å²) in [7, 11) is 2.17. The highest BCUT2D eigenvalue weighted by Crippen LogP contribution is 2.13. The molecule has 0 aromatic heterocycles. The fourth-order valence-electron chi connectivity index (χ4n) is 2.01. The highest BCUT2D eigenvalue weighted by atomic mass is 16.2. The number of rotatable bonds is 7. The summed E-state index contributed by atoms with van der Waals surface area (Å²) in [4.78, 5) is 2.36. The van der Waals surface area contributed by atoms with Gasteiger partial charge in [0.1, 0.15) is 0 Å². The normalized spacial score (nSPS) is 11.1. The van der Waals surface area contributed by atoms with Crippen molar-refractivity contribution in [1.29, 1.82) is 0 Å². The van der Waals surface area contributed by atoms with Gasteiger partial charge in [-0.2, -0.15) is 0 Å². The molecule has 1 N–H and O–H groups in total. The molecule has 0 heterocycles. The van der Waals surface area contributed by atoms with E-state index in [1.54, 1.807) is 0 Å². The Morgan fingerprint density at radius 1 is 1.12 bits per heavy atom. The molecule has 0 radical (unpaired) electrons. The summed E-state index contributed by atoms with van der Waals surface area (Å²) in [6.45, 7) is 6.76. The molecule has 0 aliphatic heterocycles. The van der Waals surface area contributed by atoms with E-state index in [1.807, 2.05) is 0 Å². The van der Waals surface area contributed by atoms with Crippen LogP contribution >= 0.6 is 0 Å². The molecular weight excluding hydrogens is 210 g/mol. The fourth-order valence-corrected chi connectivity index (χ4v) is 2.01. The molecule has 2 heteroatoms. The van der Waals surface area contributed by atoms with E-state index in [1.165, 1.54) is 23.1 Å². The van der Waals surface area contributed by atoms with Gasteiger partial charge in [0.05, 0.1) is 0 Å². The summed E-state index contributed by atoms with van der Waals surface area (Å²) in [5.74, 6) is 0. The zero-order chi connectivity index (χ0) is 12.7. The maximum absolute atomic E-state index is 8.72. The van der Waals surface area contributed by atoms with Crippen LogP contribution in [0.1, 0.15) is 36.0 Å². The number of hydrogen-bond donors (Lipinski definition) is 1. The van der Waals surface area contributed by atoms with Crippen LogP contribution in [0.5, 0.6) is 0 Å². The third kappa shape index (κ3) is 5.33. The fraction of sp³-hybridized carbons (Fsp3) is 0.600. The Kier molecular flexibility index (Phi) is 6.23. The SMILES string of the molecule is Cc1ccc(C)c(CN(C)CCCCCO)c1. The van der Waals surface area contributed by atoms with Gasteiger partial charge in [-0.15, -0.1) is 0 Å². The zero-order valence-electron chi connectivity index (χ0n) is 11.4. The lowest BCUT2D eigenvalue weighted by atomic mass is 10.1. The largest absolute Gasteiger partial charge is 0.396 e. The number of unbranched alkanes of at least 4 members (excludes halogenated alkanes) is 2. The third-order valence-corrected chi connectivity index (χ3v) is 3.14. The van der Waals surface area contributed by atoms with Crippen LogP contribution in [-0.4, -0.2) is 30.2 Å². The molecule has 1 aromatic carbocycles. The Balaban J connectivity index is 2.39. The average molecular weight is 235 g/mol. The predicted octanol–water partition coefficient (Wildman–Crippen LogP) is 2.90. The van der Waals surface area contributed by atoms with Crippen molar-refractivity contribution in [3.05, 3.63) is 34.9 Å². The van der Waals surface area contributed by atoms with Crippen LogP contribution in [0.2, 0.25) is 0 Å². The quantitative estimate of drug-likeness (QED) is 0.735. The van der Waals surface area contributed by atoms with Gasteiger partial charge in [0.15, 0.2) is 0 Å². The van der Waals surface area contributed by atoms with Crippen molar-refractivity contribution in [2.45, 2.75) is 39.7 Å². The van der Waals surface area contributed by atoms with Gasteiger partial charge < -0.3 is 10.0 Å². The Bertz CT molecular complexity index is 336. The third-order valence-electron chi connectivity index (χ3n) is 3.14. The molecule has 0 saturated carbocycles. The number of benzene rings is 1. The molecule has 96 valence electrons. The second kappa shape index (κ2) is 7.46. The van der Waals surface area contributed by atoms with Crippen LogP contribution in [0.4, 0.5) is 0 Å². The van der Waals surface area contributed by atoms with Gasteiger partial charge in [0, 0.05) is 13.2 Å². The van der Waals surface area contributed by atoms with Crippen molar-refractivity contribution in [3.8, 4) is 0 Å². The van der Waals surface area contributed by atoms with E-state index in [9.17, 15) is 0 Å². The van der Waals surface area contributed by atoms with Crippen LogP contribution in [0, 0.1) is 13.8 Å². The van der Waals surface area contributed by atoms with Gasteiger partial charge in [0.2, 0.25) is 0 Å². The van der Waals surface area contributed by atoms with Crippen LogP contribution in [-0.2, 0) is 6.54 Å². The Morgan fingerprint density at radius 2 is 1.88 bits per heavy atom. The maximum Gasteiger partial charge on any atom is 0.0431 e. The Morgan fingerprint density at radius 3 is 2.59 bits per heavy atom. The average Bonchev–Trinajstić information content (AvgIpc) is 2.29. The molecule has 0 bridgehead atoms. The summed E-state index contributed by atoms with van der Waals surface area (Å²) in [5, 5.41) is 8.72. The van der Waals surface area contributed by atoms with E-state index in [4.69, 9.17) is 5.11 Å². The van der Waals surface area contributed by atoms with Crippen molar-refractivity contribution in [2.75, 3.05) is 20.2 Å². The molecule has 17 heavy (non-hydrogen) atoms. The molecule has 0 unspecified atom stereocenters. The van der Waals surface area contributed by atoms with E-state index in [0.29, 0.717) is 6.61 Å². The minimum absolute atomic E-state index is 0.320. The van der Waals surface area contributed by atoms with Crippen molar-refractivity contribution in [1.82, 2.24) is 4.90 Å². The van der Waals surface area contributed by atoms with Gasteiger partial charge in [-0.05, 0) is 57.8 Å². The standard InChI is InChI=1S/C15H25NO/c1-13-7-8-14(2)15(11-13)12-16(3)9-5-4-6-10-17/h7-8,11,17H,4-6,9-10,12H2,1-3H3. The van der Waals surface area contributed by atoms with Crippen LogP contribution < -0.4 is 0 Å². The molecule has 0 saturated heterocycles. The Hall–Kier alpha value is -0.860. The number of nitrogens with zero attached hydrogens (tertiary/aromatic N) is 1. The predicted molar refractivity (Wildman–Crippen MR) is 73.2 cm³/mol. The molecule has 0 fully saturated rings. The number of aryl methyl sites for hydroxylation is 2. The molecule has 0 aliphatic rings. The van der Waals surface area contributed by atoms with E-state index in [0.717, 1.165) is 25.9 Å². The van der Waals surface area contributed by atoms with Crippen LogP contribution in [0.15, 0.2) is 18.2 Å². The minimum atomic E-state index is 0.320. The smallest absolute Gasteiger partial charge is 0.0431 e. The summed E-state index contributed by atoms with van der Waals surface area (Å²) < 4.78 is 0. The molecule has 0 atom stereocenters. The van der Waals surface area contributed by atoms with E-state index in [-0.39, 0.29) is 0 Å². The highest BCUT2D eigenvalue weighted by molar-refractivity contribution is 5.30. The van der Waals surface area contributed by atoms with Crippen LogP contribution in [0.25, 0.3) is 0 Å². The first-order chi connectivity index (χ1) is 8.13.